The predicted octanol–water partition coefficient (Wildman–Crippen LogP) is 4.14. The SMILES string of the molecule is OCC1=CN=C(c2ccc(Cl)cc2)N(c2ccccc2Cl)C1. The Bertz CT molecular complexity index is 739. The summed E-state index contributed by atoms with van der Waals surface area (Å²) in [4.78, 5) is 6.50. The molecular weight excluding hydrogens is 319 g/mol. The van der Waals surface area contributed by atoms with Crippen LogP contribution in [0, 0.1) is 0 Å². The number of amidine groups is 1. The van der Waals surface area contributed by atoms with Crippen LogP contribution in [0.4, 0.5) is 5.69 Å². The van der Waals surface area contributed by atoms with Gasteiger partial charge >= 0.3 is 0 Å². The Balaban J connectivity index is 2.07. The van der Waals surface area contributed by atoms with Gasteiger partial charge in [-0.25, -0.2) is 4.99 Å². The number of hydrogen-bond donors (Lipinski definition) is 1. The van der Waals surface area contributed by atoms with Crippen LogP contribution < -0.4 is 4.90 Å². The monoisotopic (exact) mass is 332 g/mol. The molecule has 22 heavy (non-hydrogen) atoms. The summed E-state index contributed by atoms with van der Waals surface area (Å²) in [5, 5.41) is 10.7. The van der Waals surface area contributed by atoms with Gasteiger partial charge in [-0.1, -0.05) is 35.3 Å². The summed E-state index contributed by atoms with van der Waals surface area (Å²) in [6.07, 6.45) is 1.71. The van der Waals surface area contributed by atoms with Gasteiger partial charge in [0.05, 0.1) is 17.3 Å². The molecule has 0 aromatic heterocycles. The van der Waals surface area contributed by atoms with Crippen LogP contribution in [0.15, 0.2) is 65.3 Å². The van der Waals surface area contributed by atoms with Gasteiger partial charge in [0.1, 0.15) is 5.84 Å². The van der Waals surface area contributed by atoms with Crippen LogP contribution in [-0.2, 0) is 0 Å². The largest absolute Gasteiger partial charge is 0.392 e. The third-order valence-corrected chi connectivity index (χ3v) is 4.01. The molecule has 1 aliphatic heterocycles. The number of aliphatic hydroxyl groups excluding tert-OH is 1. The fourth-order valence-electron chi connectivity index (χ4n) is 2.33. The first-order valence-corrected chi connectivity index (χ1v) is 7.59. The second-order valence-electron chi connectivity index (χ2n) is 4.94. The third kappa shape index (κ3) is 3.02. The number of rotatable bonds is 3. The Kier molecular flexibility index (Phi) is 4.48. The van der Waals surface area contributed by atoms with Crippen molar-refractivity contribution < 1.29 is 5.11 Å². The molecule has 1 heterocycles. The first kappa shape index (κ1) is 15.1. The molecule has 2 aromatic carbocycles. The second kappa shape index (κ2) is 6.53. The van der Waals surface area contributed by atoms with Crippen molar-refractivity contribution >= 4 is 34.7 Å². The summed E-state index contributed by atoms with van der Waals surface area (Å²) in [5.41, 5.74) is 2.63. The Morgan fingerprint density at radius 3 is 2.45 bits per heavy atom. The Hall–Kier alpha value is -1.81. The number of benzene rings is 2. The maximum absolute atomic E-state index is 9.40. The van der Waals surface area contributed by atoms with Crippen molar-refractivity contribution in [2.75, 3.05) is 18.1 Å². The van der Waals surface area contributed by atoms with Gasteiger partial charge in [0.2, 0.25) is 0 Å². The standard InChI is InChI=1S/C17H14Cl2N2O/c18-14-7-5-13(6-8-14)17-20-9-12(11-22)10-21(17)16-4-2-1-3-15(16)19/h1-9,22H,10-11H2. The van der Waals surface area contributed by atoms with Crippen molar-refractivity contribution in [1.82, 2.24) is 0 Å². The molecule has 5 heteroatoms. The number of hydrogen-bond acceptors (Lipinski definition) is 3. The molecule has 0 atom stereocenters. The lowest BCUT2D eigenvalue weighted by atomic mass is 10.1. The van der Waals surface area contributed by atoms with Crippen molar-refractivity contribution in [3.63, 3.8) is 0 Å². The molecule has 2 aromatic rings. The van der Waals surface area contributed by atoms with Crippen molar-refractivity contribution in [3.8, 4) is 0 Å². The molecule has 1 N–H and O–H groups in total. The number of aliphatic imine (C=N–C) groups is 1. The summed E-state index contributed by atoms with van der Waals surface area (Å²) in [5.74, 6) is 0.780. The number of para-hydroxylation sites is 1. The van der Waals surface area contributed by atoms with Crippen molar-refractivity contribution in [2.24, 2.45) is 4.99 Å². The van der Waals surface area contributed by atoms with E-state index in [4.69, 9.17) is 23.2 Å². The quantitative estimate of drug-likeness (QED) is 0.916. The average molecular weight is 333 g/mol. The summed E-state index contributed by atoms with van der Waals surface area (Å²) in [7, 11) is 0. The number of anilines is 1. The summed E-state index contributed by atoms with van der Waals surface area (Å²) in [6.45, 7) is 0.514. The smallest absolute Gasteiger partial charge is 0.140 e. The van der Waals surface area contributed by atoms with E-state index >= 15 is 0 Å². The first-order valence-electron chi connectivity index (χ1n) is 6.83. The Morgan fingerprint density at radius 1 is 1.05 bits per heavy atom. The molecule has 0 spiro atoms. The number of halogens is 2. The van der Waals surface area contributed by atoms with Gasteiger partial charge in [-0.15, -0.1) is 0 Å². The molecule has 0 aliphatic carbocycles. The zero-order valence-electron chi connectivity index (χ0n) is 11.7. The molecule has 112 valence electrons. The molecule has 0 amide bonds. The van der Waals surface area contributed by atoms with Gasteiger partial charge in [-0.2, -0.15) is 0 Å². The molecule has 1 aliphatic rings. The first-order chi connectivity index (χ1) is 10.7. The molecule has 0 fully saturated rings. The zero-order chi connectivity index (χ0) is 15.5. The predicted molar refractivity (Wildman–Crippen MR) is 92.0 cm³/mol. The van der Waals surface area contributed by atoms with E-state index in [1.54, 1.807) is 6.20 Å². The summed E-state index contributed by atoms with van der Waals surface area (Å²) >= 11 is 12.3. The summed E-state index contributed by atoms with van der Waals surface area (Å²) in [6, 6.07) is 15.1. The van der Waals surface area contributed by atoms with Crippen molar-refractivity contribution in [3.05, 3.63) is 75.9 Å². The Labute approximate surface area is 139 Å². The average Bonchev–Trinajstić information content (AvgIpc) is 2.56. The highest BCUT2D eigenvalue weighted by atomic mass is 35.5. The second-order valence-corrected chi connectivity index (χ2v) is 5.79. The van der Waals surface area contributed by atoms with Crippen LogP contribution in [-0.4, -0.2) is 24.1 Å². The van der Waals surface area contributed by atoms with E-state index in [1.807, 2.05) is 53.4 Å². The molecule has 3 rings (SSSR count). The van der Waals surface area contributed by atoms with Crippen molar-refractivity contribution in [1.29, 1.82) is 0 Å². The van der Waals surface area contributed by atoms with Crippen LogP contribution in [0.5, 0.6) is 0 Å². The maximum atomic E-state index is 9.40. The Morgan fingerprint density at radius 2 is 1.77 bits per heavy atom. The topological polar surface area (TPSA) is 35.8 Å². The minimum Gasteiger partial charge on any atom is -0.392 e. The van der Waals surface area contributed by atoms with Gasteiger partial charge in [0.15, 0.2) is 0 Å². The number of nitrogens with zero attached hydrogens (tertiary/aromatic N) is 2. The van der Waals surface area contributed by atoms with Gasteiger partial charge in [0, 0.05) is 23.3 Å². The third-order valence-electron chi connectivity index (χ3n) is 3.44. The van der Waals surface area contributed by atoms with E-state index in [1.165, 1.54) is 0 Å². The van der Waals surface area contributed by atoms with Gasteiger partial charge < -0.3 is 10.0 Å². The van der Waals surface area contributed by atoms with E-state index in [0.29, 0.717) is 16.6 Å². The lowest BCUT2D eigenvalue weighted by Gasteiger charge is -2.30. The molecule has 3 nitrogen and oxygen atoms in total. The van der Waals surface area contributed by atoms with Crippen LogP contribution in [0.3, 0.4) is 0 Å². The van der Waals surface area contributed by atoms with Crippen LogP contribution in [0.2, 0.25) is 10.0 Å². The van der Waals surface area contributed by atoms with E-state index < -0.39 is 0 Å². The van der Waals surface area contributed by atoms with E-state index in [-0.39, 0.29) is 6.61 Å². The highest BCUT2D eigenvalue weighted by Gasteiger charge is 2.21. The minimum absolute atomic E-state index is 0.0294. The highest BCUT2D eigenvalue weighted by Crippen LogP contribution is 2.29. The van der Waals surface area contributed by atoms with E-state index in [9.17, 15) is 5.11 Å². The molecule has 0 saturated heterocycles. The van der Waals surface area contributed by atoms with Crippen LogP contribution in [0.25, 0.3) is 0 Å². The lowest BCUT2D eigenvalue weighted by molar-refractivity contribution is 0.329. The minimum atomic E-state index is -0.0294. The normalized spacial score (nSPS) is 14.6. The molecule has 0 saturated carbocycles. The fourth-order valence-corrected chi connectivity index (χ4v) is 2.69. The van der Waals surface area contributed by atoms with Crippen molar-refractivity contribution in [2.45, 2.75) is 0 Å². The molecule has 0 unspecified atom stereocenters. The maximum Gasteiger partial charge on any atom is 0.140 e. The fraction of sp³-hybridized carbons (Fsp3) is 0.118. The molecular formula is C17H14Cl2N2O. The lowest BCUT2D eigenvalue weighted by Crippen LogP contribution is -2.36. The molecule has 0 radical (unpaired) electrons. The number of aliphatic hydroxyl groups is 1. The van der Waals surface area contributed by atoms with Gasteiger partial charge in [-0.3, -0.25) is 0 Å². The molecule has 0 bridgehead atoms. The zero-order valence-corrected chi connectivity index (χ0v) is 13.2. The van der Waals surface area contributed by atoms with E-state index in [0.717, 1.165) is 22.7 Å². The van der Waals surface area contributed by atoms with Gasteiger partial charge in [-0.05, 0) is 42.0 Å². The summed E-state index contributed by atoms with van der Waals surface area (Å²) < 4.78 is 0. The van der Waals surface area contributed by atoms with Crippen LogP contribution in [0.1, 0.15) is 5.56 Å². The van der Waals surface area contributed by atoms with E-state index in [2.05, 4.69) is 4.99 Å². The van der Waals surface area contributed by atoms with Gasteiger partial charge in [0.25, 0.3) is 0 Å². The van der Waals surface area contributed by atoms with Crippen LogP contribution >= 0.6 is 23.2 Å². The highest BCUT2D eigenvalue weighted by molar-refractivity contribution is 6.34.